The van der Waals surface area contributed by atoms with E-state index in [1.807, 2.05) is 10.7 Å². The summed E-state index contributed by atoms with van der Waals surface area (Å²) in [6.45, 7) is 8.46. The van der Waals surface area contributed by atoms with Gasteiger partial charge in [-0.05, 0) is 43.7 Å². The molecule has 0 aliphatic carbocycles. The minimum atomic E-state index is -0.0950. The van der Waals surface area contributed by atoms with E-state index in [9.17, 15) is 0 Å². The molecule has 96 valence electrons. The molecule has 1 unspecified atom stereocenters. The van der Waals surface area contributed by atoms with Crippen molar-refractivity contribution in [2.75, 3.05) is 0 Å². The van der Waals surface area contributed by atoms with Crippen LogP contribution >= 0.6 is 11.8 Å². The topological polar surface area (TPSA) is 43.6 Å². The molecule has 2 aromatic rings. The van der Waals surface area contributed by atoms with Gasteiger partial charge in [-0.1, -0.05) is 42.1 Å². The lowest BCUT2D eigenvalue weighted by Gasteiger charge is -2.20. The number of hydrogen-bond donors (Lipinski definition) is 0. The average molecular weight is 262 g/mol. The van der Waals surface area contributed by atoms with Crippen LogP contribution in [0, 0.1) is 0 Å². The summed E-state index contributed by atoms with van der Waals surface area (Å²) in [6, 6.07) is 10.4. The molecule has 2 rings (SSSR count). The molecule has 0 saturated carbocycles. The van der Waals surface area contributed by atoms with E-state index in [4.69, 9.17) is 0 Å². The number of thioether (sulfide) groups is 1. The van der Waals surface area contributed by atoms with Crippen LogP contribution in [0.5, 0.6) is 0 Å². The fraction of sp³-hybridized carbons (Fsp3) is 0.462. The zero-order chi connectivity index (χ0) is 13.2. The van der Waals surface area contributed by atoms with Crippen molar-refractivity contribution in [1.82, 2.24) is 20.2 Å². The van der Waals surface area contributed by atoms with Gasteiger partial charge in [-0.2, -0.15) is 0 Å². The van der Waals surface area contributed by atoms with Crippen LogP contribution in [-0.2, 0) is 5.54 Å². The van der Waals surface area contributed by atoms with E-state index in [-0.39, 0.29) is 5.54 Å². The first-order valence-electron chi connectivity index (χ1n) is 5.99. The molecule has 0 fully saturated rings. The minimum Gasteiger partial charge on any atom is -0.215 e. The molecule has 0 N–H and O–H groups in total. The third-order valence-corrected chi connectivity index (χ3v) is 3.72. The predicted octanol–water partition coefficient (Wildman–Crippen LogP) is 3.28. The second-order valence-corrected chi connectivity index (χ2v) is 6.52. The van der Waals surface area contributed by atoms with Gasteiger partial charge in [0.1, 0.15) is 0 Å². The highest BCUT2D eigenvalue weighted by molar-refractivity contribution is 7.99. The Bertz CT molecular complexity index is 501. The second kappa shape index (κ2) is 5.10. The van der Waals surface area contributed by atoms with Gasteiger partial charge < -0.3 is 0 Å². The van der Waals surface area contributed by atoms with Crippen LogP contribution in [0.3, 0.4) is 0 Å². The number of tetrazole rings is 1. The van der Waals surface area contributed by atoms with Crippen LogP contribution in [0.15, 0.2) is 35.5 Å². The van der Waals surface area contributed by atoms with Gasteiger partial charge >= 0.3 is 0 Å². The van der Waals surface area contributed by atoms with E-state index in [1.165, 1.54) is 5.56 Å². The van der Waals surface area contributed by atoms with Crippen LogP contribution in [0.25, 0.3) is 0 Å². The summed E-state index contributed by atoms with van der Waals surface area (Å²) in [5.41, 5.74) is 1.19. The Balaban J connectivity index is 2.18. The first-order valence-corrected chi connectivity index (χ1v) is 6.87. The summed E-state index contributed by atoms with van der Waals surface area (Å²) in [7, 11) is 0. The first kappa shape index (κ1) is 13.1. The molecule has 1 atom stereocenters. The van der Waals surface area contributed by atoms with Gasteiger partial charge in [0, 0.05) is 5.25 Å². The lowest BCUT2D eigenvalue weighted by atomic mass is 10.1. The molecule has 1 aromatic carbocycles. The highest BCUT2D eigenvalue weighted by Gasteiger charge is 2.21. The maximum atomic E-state index is 4.11. The largest absolute Gasteiger partial charge is 0.215 e. The van der Waals surface area contributed by atoms with Crippen molar-refractivity contribution in [2.24, 2.45) is 0 Å². The molecule has 0 amide bonds. The third kappa shape index (κ3) is 2.90. The molecule has 1 aromatic heterocycles. The number of aromatic nitrogens is 4. The maximum absolute atomic E-state index is 4.11. The lowest BCUT2D eigenvalue weighted by Crippen LogP contribution is -2.24. The number of nitrogens with zero attached hydrogens (tertiary/aromatic N) is 4. The first-order chi connectivity index (χ1) is 8.48. The van der Waals surface area contributed by atoms with Crippen LogP contribution < -0.4 is 0 Å². The molecule has 0 radical (unpaired) electrons. The summed E-state index contributed by atoms with van der Waals surface area (Å²) in [5, 5.41) is 13.2. The van der Waals surface area contributed by atoms with Gasteiger partial charge in [0.15, 0.2) is 0 Å². The smallest absolute Gasteiger partial charge is 0.210 e. The molecule has 1 heterocycles. The van der Waals surface area contributed by atoms with Crippen molar-refractivity contribution in [3.8, 4) is 0 Å². The summed E-state index contributed by atoms with van der Waals surface area (Å²) < 4.78 is 1.87. The molecule has 0 spiro atoms. The normalized spacial score (nSPS) is 13.6. The second-order valence-electron chi connectivity index (χ2n) is 5.21. The molecule has 4 nitrogen and oxygen atoms in total. The molecule has 5 heteroatoms. The van der Waals surface area contributed by atoms with E-state index >= 15 is 0 Å². The van der Waals surface area contributed by atoms with Gasteiger partial charge in [-0.15, -0.1) is 5.10 Å². The Morgan fingerprint density at radius 2 is 1.83 bits per heavy atom. The Kier molecular flexibility index (Phi) is 3.71. The summed E-state index contributed by atoms with van der Waals surface area (Å²) in [6.07, 6.45) is 0. The van der Waals surface area contributed by atoms with E-state index in [0.717, 1.165) is 5.16 Å². The van der Waals surface area contributed by atoms with E-state index < -0.39 is 0 Å². The van der Waals surface area contributed by atoms with Crippen molar-refractivity contribution >= 4 is 11.8 Å². The van der Waals surface area contributed by atoms with Crippen molar-refractivity contribution in [3.05, 3.63) is 35.9 Å². The SMILES string of the molecule is CC(Sc1nnnn1C(C)(C)C)c1ccccc1. The zero-order valence-corrected chi connectivity index (χ0v) is 12.0. The van der Waals surface area contributed by atoms with Gasteiger partial charge in [0.05, 0.1) is 5.54 Å². The van der Waals surface area contributed by atoms with Crippen LogP contribution in [0.4, 0.5) is 0 Å². The Labute approximate surface area is 112 Å². The fourth-order valence-corrected chi connectivity index (χ4v) is 2.73. The molecule has 18 heavy (non-hydrogen) atoms. The number of hydrogen-bond acceptors (Lipinski definition) is 4. The van der Waals surface area contributed by atoms with Gasteiger partial charge in [-0.25, -0.2) is 4.68 Å². The standard InChI is InChI=1S/C13H18N4S/c1-10(11-8-6-5-7-9-11)18-12-14-15-16-17(12)13(2,3)4/h5-10H,1-4H3. The van der Waals surface area contributed by atoms with Crippen LogP contribution in [-0.4, -0.2) is 20.2 Å². The molecule has 0 aliphatic heterocycles. The van der Waals surface area contributed by atoms with Crippen molar-refractivity contribution in [1.29, 1.82) is 0 Å². The van der Waals surface area contributed by atoms with Gasteiger partial charge in [-0.3, -0.25) is 0 Å². The molecule has 0 aliphatic rings. The molecule has 0 bridgehead atoms. The Morgan fingerprint density at radius 3 is 2.44 bits per heavy atom. The Hall–Kier alpha value is -1.36. The highest BCUT2D eigenvalue weighted by atomic mass is 32.2. The summed E-state index contributed by atoms with van der Waals surface area (Å²) in [5.74, 6) is 0. The molecule has 0 saturated heterocycles. The highest BCUT2D eigenvalue weighted by Crippen LogP contribution is 2.34. The van der Waals surface area contributed by atoms with Crippen molar-refractivity contribution in [3.63, 3.8) is 0 Å². The fourth-order valence-electron chi connectivity index (χ4n) is 1.62. The lowest BCUT2D eigenvalue weighted by molar-refractivity contribution is 0.321. The van der Waals surface area contributed by atoms with E-state index in [0.29, 0.717) is 5.25 Å². The molecular weight excluding hydrogens is 244 g/mol. The predicted molar refractivity (Wildman–Crippen MR) is 73.5 cm³/mol. The summed E-state index contributed by atoms with van der Waals surface area (Å²) >= 11 is 1.68. The average Bonchev–Trinajstić information content (AvgIpc) is 2.78. The number of rotatable bonds is 3. The Morgan fingerprint density at radius 1 is 1.17 bits per heavy atom. The van der Waals surface area contributed by atoms with E-state index in [2.05, 4.69) is 67.5 Å². The van der Waals surface area contributed by atoms with Gasteiger partial charge in [0.25, 0.3) is 0 Å². The molecular formula is C13H18N4S. The third-order valence-electron chi connectivity index (χ3n) is 2.63. The van der Waals surface area contributed by atoms with Gasteiger partial charge in [0.2, 0.25) is 5.16 Å². The minimum absolute atomic E-state index is 0.0950. The van der Waals surface area contributed by atoms with Crippen LogP contribution in [0.1, 0.15) is 38.5 Å². The van der Waals surface area contributed by atoms with Crippen LogP contribution in [0.2, 0.25) is 0 Å². The quantitative estimate of drug-likeness (QED) is 0.796. The number of benzene rings is 1. The van der Waals surface area contributed by atoms with Crippen molar-refractivity contribution in [2.45, 2.75) is 43.6 Å². The zero-order valence-electron chi connectivity index (χ0n) is 11.2. The summed E-state index contributed by atoms with van der Waals surface area (Å²) in [4.78, 5) is 0. The maximum Gasteiger partial charge on any atom is 0.210 e. The monoisotopic (exact) mass is 262 g/mol. The van der Waals surface area contributed by atoms with Crippen molar-refractivity contribution < 1.29 is 0 Å². The van der Waals surface area contributed by atoms with E-state index in [1.54, 1.807) is 11.8 Å².